The van der Waals surface area contributed by atoms with Gasteiger partial charge >= 0.3 is 0 Å². The van der Waals surface area contributed by atoms with Crippen molar-refractivity contribution in [2.24, 2.45) is 5.73 Å². The molecule has 0 aliphatic carbocycles. The van der Waals surface area contributed by atoms with Crippen LogP contribution in [0.1, 0.15) is 41.4 Å². The Morgan fingerprint density at radius 3 is 1.34 bits per heavy atom. The predicted molar refractivity (Wildman–Crippen MR) is 112 cm³/mol. The molecular formula is C24H13NO4. The molecule has 0 unspecified atom stereocenters. The van der Waals surface area contributed by atoms with Crippen molar-refractivity contribution < 1.29 is 19.2 Å². The zero-order valence-electron chi connectivity index (χ0n) is 15.1. The van der Waals surface area contributed by atoms with Crippen LogP contribution in [0, 0.1) is 0 Å². The topological polar surface area (TPSA) is 94.3 Å². The molecule has 0 saturated heterocycles. The van der Waals surface area contributed by atoms with Gasteiger partial charge in [0.15, 0.2) is 18.9 Å². The summed E-state index contributed by atoms with van der Waals surface area (Å²) in [4.78, 5) is 47.0. The van der Waals surface area contributed by atoms with E-state index in [1.54, 1.807) is 30.3 Å². The minimum Gasteiger partial charge on any atom is -0.366 e. The van der Waals surface area contributed by atoms with Gasteiger partial charge in [-0.1, -0.05) is 42.5 Å². The molecule has 5 aromatic rings. The van der Waals surface area contributed by atoms with E-state index in [1.807, 2.05) is 18.2 Å². The van der Waals surface area contributed by atoms with Crippen LogP contribution in [-0.4, -0.2) is 24.8 Å². The van der Waals surface area contributed by atoms with E-state index < -0.39 is 5.91 Å². The van der Waals surface area contributed by atoms with Crippen LogP contribution in [0.15, 0.2) is 48.5 Å². The lowest BCUT2D eigenvalue weighted by Gasteiger charge is -2.18. The first-order valence-corrected chi connectivity index (χ1v) is 8.96. The maximum atomic E-state index is 12.0. The molecule has 0 aliphatic rings. The van der Waals surface area contributed by atoms with E-state index in [9.17, 15) is 19.2 Å². The Morgan fingerprint density at radius 1 is 0.552 bits per heavy atom. The molecule has 5 heteroatoms. The molecule has 0 saturated carbocycles. The summed E-state index contributed by atoms with van der Waals surface area (Å²) in [5.41, 5.74) is 7.11. The van der Waals surface area contributed by atoms with Crippen LogP contribution in [0.25, 0.3) is 43.1 Å². The van der Waals surface area contributed by atoms with Crippen molar-refractivity contribution in [3.63, 3.8) is 0 Å². The highest BCUT2D eigenvalue weighted by atomic mass is 16.1. The van der Waals surface area contributed by atoms with E-state index in [1.165, 1.54) is 0 Å². The highest BCUT2D eigenvalue weighted by Gasteiger charge is 2.20. The largest absolute Gasteiger partial charge is 0.366 e. The van der Waals surface area contributed by atoms with Crippen molar-refractivity contribution in [3.8, 4) is 0 Å². The number of amides is 1. The SMILES string of the molecule is NC(=O)c1ccc2c3ccc(C=O)c4c(C=O)ccc(c5ccc(C=O)c1c52)c43. The molecule has 0 bridgehead atoms. The van der Waals surface area contributed by atoms with Crippen LogP contribution in [0.4, 0.5) is 0 Å². The normalized spacial score (nSPS) is 11.4. The van der Waals surface area contributed by atoms with Crippen LogP contribution in [0.5, 0.6) is 0 Å². The van der Waals surface area contributed by atoms with Gasteiger partial charge in [0.25, 0.3) is 0 Å². The zero-order chi connectivity index (χ0) is 20.3. The number of carbonyl (C=O) groups is 4. The number of aldehydes is 3. The molecule has 0 atom stereocenters. The molecule has 2 N–H and O–H groups in total. The Bertz CT molecular complexity index is 1470. The molecule has 138 valence electrons. The van der Waals surface area contributed by atoms with Crippen molar-refractivity contribution in [2.45, 2.75) is 0 Å². The minimum absolute atomic E-state index is 0.279. The highest BCUT2D eigenvalue weighted by molar-refractivity contribution is 6.37. The summed E-state index contributed by atoms with van der Waals surface area (Å²) >= 11 is 0. The first-order chi connectivity index (χ1) is 14.1. The van der Waals surface area contributed by atoms with Crippen LogP contribution in [-0.2, 0) is 0 Å². The second-order valence-corrected chi connectivity index (χ2v) is 6.99. The van der Waals surface area contributed by atoms with E-state index >= 15 is 0 Å². The van der Waals surface area contributed by atoms with Crippen LogP contribution >= 0.6 is 0 Å². The summed E-state index contributed by atoms with van der Waals surface area (Å²) in [5.74, 6) is -0.611. The number of hydrogen-bond donors (Lipinski definition) is 1. The molecule has 29 heavy (non-hydrogen) atoms. The van der Waals surface area contributed by atoms with Gasteiger partial charge in [-0.3, -0.25) is 19.2 Å². The van der Waals surface area contributed by atoms with E-state index in [0.717, 1.165) is 44.9 Å². The van der Waals surface area contributed by atoms with E-state index in [2.05, 4.69) is 0 Å². The number of nitrogens with two attached hydrogens (primary N) is 1. The fourth-order valence-electron chi connectivity index (χ4n) is 4.47. The second kappa shape index (κ2) is 5.94. The Hall–Kier alpha value is -4.12. The second-order valence-electron chi connectivity index (χ2n) is 6.99. The molecule has 1 amide bonds. The Balaban J connectivity index is 2.19. The molecule has 5 aromatic carbocycles. The van der Waals surface area contributed by atoms with Crippen molar-refractivity contribution in [3.05, 3.63) is 70.8 Å². The number of primary amides is 1. The molecule has 5 nitrogen and oxygen atoms in total. The molecule has 0 aromatic heterocycles. The average Bonchev–Trinajstić information content (AvgIpc) is 2.76. The number of fused-ring (bicyclic) bond motifs is 2. The summed E-state index contributed by atoms with van der Waals surface area (Å²) in [7, 11) is 0. The number of benzene rings is 5. The maximum Gasteiger partial charge on any atom is 0.249 e. The van der Waals surface area contributed by atoms with E-state index in [-0.39, 0.29) is 5.56 Å². The van der Waals surface area contributed by atoms with Gasteiger partial charge in [-0.25, -0.2) is 0 Å². The first-order valence-electron chi connectivity index (χ1n) is 8.96. The summed E-state index contributed by atoms with van der Waals surface area (Å²) in [6.07, 6.45) is 2.20. The third-order valence-electron chi connectivity index (χ3n) is 5.64. The van der Waals surface area contributed by atoms with E-state index in [0.29, 0.717) is 33.7 Å². The van der Waals surface area contributed by atoms with Crippen molar-refractivity contribution in [2.75, 3.05) is 0 Å². The lowest BCUT2D eigenvalue weighted by molar-refractivity contribution is 0.100. The zero-order valence-corrected chi connectivity index (χ0v) is 15.1. The van der Waals surface area contributed by atoms with Gasteiger partial charge < -0.3 is 5.73 Å². The summed E-state index contributed by atoms with van der Waals surface area (Å²) < 4.78 is 0. The standard InChI is InChI=1S/C24H13NO4/c25-24(29)19-8-7-18-16-5-2-13(10-27)20-12(9-26)1-4-15(22(16)20)17-6-3-14(11-28)21(19)23(17)18/h1-11H,(H2,25,29). The maximum absolute atomic E-state index is 12.0. The molecule has 0 spiro atoms. The van der Waals surface area contributed by atoms with Crippen molar-refractivity contribution >= 4 is 67.9 Å². The Kier molecular flexibility index (Phi) is 3.48. The lowest BCUT2D eigenvalue weighted by Crippen LogP contribution is -2.12. The molecule has 0 heterocycles. The average molecular weight is 379 g/mol. The molecule has 0 fully saturated rings. The molecule has 0 aliphatic heterocycles. The monoisotopic (exact) mass is 379 g/mol. The first kappa shape index (κ1) is 17.0. The van der Waals surface area contributed by atoms with Gasteiger partial charge in [0.2, 0.25) is 5.91 Å². The summed E-state index contributed by atoms with van der Waals surface area (Å²) in [5, 5.41) is 5.99. The van der Waals surface area contributed by atoms with E-state index in [4.69, 9.17) is 5.73 Å². The van der Waals surface area contributed by atoms with Crippen LogP contribution in [0.3, 0.4) is 0 Å². The number of carbonyl (C=O) groups excluding carboxylic acids is 4. The minimum atomic E-state index is -0.611. The smallest absolute Gasteiger partial charge is 0.249 e. The quantitative estimate of drug-likeness (QED) is 0.287. The lowest BCUT2D eigenvalue weighted by atomic mass is 9.85. The van der Waals surface area contributed by atoms with Gasteiger partial charge in [-0.2, -0.15) is 0 Å². The molecular weight excluding hydrogens is 366 g/mol. The summed E-state index contributed by atoms with van der Waals surface area (Å²) in [6, 6.07) is 13.9. The highest BCUT2D eigenvalue weighted by Crippen LogP contribution is 2.43. The third-order valence-corrected chi connectivity index (χ3v) is 5.64. The number of rotatable bonds is 4. The fourth-order valence-corrected chi connectivity index (χ4v) is 4.47. The number of hydrogen-bond acceptors (Lipinski definition) is 4. The Morgan fingerprint density at radius 2 is 0.931 bits per heavy atom. The van der Waals surface area contributed by atoms with Crippen LogP contribution < -0.4 is 5.73 Å². The Labute approximate surface area is 164 Å². The van der Waals surface area contributed by atoms with Gasteiger partial charge in [0.05, 0.1) is 0 Å². The van der Waals surface area contributed by atoms with Gasteiger partial charge in [-0.05, 0) is 38.4 Å². The van der Waals surface area contributed by atoms with Crippen molar-refractivity contribution in [1.29, 1.82) is 0 Å². The van der Waals surface area contributed by atoms with Gasteiger partial charge in [0.1, 0.15) is 0 Å². The predicted octanol–water partition coefficient (Wildman–Crippen LogP) is 4.27. The molecule has 0 radical (unpaired) electrons. The third kappa shape index (κ3) is 2.09. The summed E-state index contributed by atoms with van der Waals surface area (Å²) in [6.45, 7) is 0. The van der Waals surface area contributed by atoms with Crippen molar-refractivity contribution in [1.82, 2.24) is 0 Å². The van der Waals surface area contributed by atoms with Gasteiger partial charge in [0, 0.05) is 33.0 Å². The molecule has 5 rings (SSSR count). The fraction of sp³-hybridized carbons (Fsp3) is 0. The van der Waals surface area contributed by atoms with Crippen LogP contribution in [0.2, 0.25) is 0 Å². The van der Waals surface area contributed by atoms with Gasteiger partial charge in [-0.15, -0.1) is 0 Å².